The zero-order chi connectivity index (χ0) is 10.7. The van der Waals surface area contributed by atoms with Crippen LogP contribution in [0.2, 0.25) is 0 Å². The molecule has 2 saturated heterocycles. The van der Waals surface area contributed by atoms with Crippen molar-refractivity contribution in [2.24, 2.45) is 0 Å². The molecule has 0 radical (unpaired) electrons. The minimum Gasteiger partial charge on any atom is -0.383 e. The van der Waals surface area contributed by atoms with Crippen molar-refractivity contribution in [2.75, 3.05) is 46.9 Å². The highest BCUT2D eigenvalue weighted by atomic mass is 16.5. The smallest absolute Gasteiger partial charge is 0.0589 e. The fourth-order valence-electron chi connectivity index (χ4n) is 3.12. The van der Waals surface area contributed by atoms with Gasteiger partial charge in [-0.05, 0) is 52.4 Å². The summed E-state index contributed by atoms with van der Waals surface area (Å²) < 4.78 is 5.13. The van der Waals surface area contributed by atoms with Gasteiger partial charge >= 0.3 is 0 Å². The maximum absolute atomic E-state index is 5.13. The SMILES string of the molecule is COCCN1CCC2(CCCN2C)CC1. The van der Waals surface area contributed by atoms with E-state index in [1.165, 1.54) is 45.3 Å². The second-order valence-electron chi connectivity index (χ2n) is 5.08. The van der Waals surface area contributed by atoms with Gasteiger partial charge < -0.3 is 14.5 Å². The lowest BCUT2D eigenvalue weighted by molar-refractivity contribution is 0.0562. The molecule has 1 spiro atoms. The molecular formula is C12H24N2O. The number of methoxy groups -OCH3 is 1. The molecule has 2 fully saturated rings. The van der Waals surface area contributed by atoms with E-state index in [0.29, 0.717) is 5.54 Å². The van der Waals surface area contributed by atoms with Crippen LogP contribution in [0.5, 0.6) is 0 Å². The molecule has 0 aromatic heterocycles. The van der Waals surface area contributed by atoms with Gasteiger partial charge in [-0.1, -0.05) is 0 Å². The Hall–Kier alpha value is -0.120. The Bertz CT molecular complexity index is 200. The van der Waals surface area contributed by atoms with Gasteiger partial charge in [0.15, 0.2) is 0 Å². The van der Waals surface area contributed by atoms with Gasteiger partial charge in [0.05, 0.1) is 6.61 Å². The first-order chi connectivity index (χ1) is 7.27. The Morgan fingerprint density at radius 1 is 1.13 bits per heavy atom. The molecule has 0 N–H and O–H groups in total. The minimum absolute atomic E-state index is 0.559. The molecule has 2 aliphatic heterocycles. The van der Waals surface area contributed by atoms with E-state index in [4.69, 9.17) is 4.74 Å². The van der Waals surface area contributed by atoms with Gasteiger partial charge in [0.2, 0.25) is 0 Å². The maximum atomic E-state index is 5.13. The number of hydrogen-bond donors (Lipinski definition) is 0. The number of rotatable bonds is 3. The van der Waals surface area contributed by atoms with Crippen LogP contribution in [0.4, 0.5) is 0 Å². The predicted molar refractivity (Wildman–Crippen MR) is 62.1 cm³/mol. The van der Waals surface area contributed by atoms with Crippen LogP contribution >= 0.6 is 0 Å². The Kier molecular flexibility index (Phi) is 3.65. The molecule has 0 atom stereocenters. The molecule has 0 aliphatic carbocycles. The third kappa shape index (κ3) is 2.35. The van der Waals surface area contributed by atoms with Crippen LogP contribution in [0.15, 0.2) is 0 Å². The van der Waals surface area contributed by atoms with Crippen molar-refractivity contribution in [1.29, 1.82) is 0 Å². The Labute approximate surface area is 93.4 Å². The first-order valence-electron chi connectivity index (χ1n) is 6.19. The van der Waals surface area contributed by atoms with Crippen molar-refractivity contribution in [1.82, 2.24) is 9.80 Å². The maximum Gasteiger partial charge on any atom is 0.0589 e. The summed E-state index contributed by atoms with van der Waals surface area (Å²) in [7, 11) is 4.09. The molecule has 88 valence electrons. The quantitative estimate of drug-likeness (QED) is 0.699. The van der Waals surface area contributed by atoms with Crippen LogP contribution in [-0.4, -0.2) is 62.3 Å². The average Bonchev–Trinajstić information content (AvgIpc) is 2.60. The molecule has 2 rings (SSSR count). The van der Waals surface area contributed by atoms with Gasteiger partial charge in [-0.25, -0.2) is 0 Å². The van der Waals surface area contributed by atoms with Gasteiger partial charge in [0.1, 0.15) is 0 Å². The summed E-state index contributed by atoms with van der Waals surface area (Å²) in [6.45, 7) is 5.80. The largest absolute Gasteiger partial charge is 0.383 e. The molecule has 0 saturated carbocycles. The van der Waals surface area contributed by atoms with Crippen LogP contribution in [0.25, 0.3) is 0 Å². The molecule has 2 heterocycles. The van der Waals surface area contributed by atoms with Crippen molar-refractivity contribution < 1.29 is 4.74 Å². The van der Waals surface area contributed by atoms with Gasteiger partial charge in [0.25, 0.3) is 0 Å². The Morgan fingerprint density at radius 3 is 2.40 bits per heavy atom. The summed E-state index contributed by atoms with van der Waals surface area (Å²) in [5.74, 6) is 0. The highest BCUT2D eigenvalue weighted by Crippen LogP contribution is 2.36. The van der Waals surface area contributed by atoms with Crippen molar-refractivity contribution in [3.05, 3.63) is 0 Å². The van der Waals surface area contributed by atoms with E-state index >= 15 is 0 Å². The van der Waals surface area contributed by atoms with E-state index in [1.807, 2.05) is 0 Å². The molecule has 3 nitrogen and oxygen atoms in total. The van der Waals surface area contributed by atoms with E-state index in [2.05, 4.69) is 16.8 Å². The first-order valence-corrected chi connectivity index (χ1v) is 6.19. The van der Waals surface area contributed by atoms with Gasteiger partial charge in [0, 0.05) is 19.2 Å². The third-order valence-corrected chi connectivity index (χ3v) is 4.34. The molecule has 0 aromatic carbocycles. The second-order valence-corrected chi connectivity index (χ2v) is 5.08. The highest BCUT2D eigenvalue weighted by molar-refractivity contribution is 4.97. The zero-order valence-electron chi connectivity index (χ0n) is 10.2. The van der Waals surface area contributed by atoms with Crippen LogP contribution in [-0.2, 0) is 4.74 Å². The molecule has 0 unspecified atom stereocenters. The number of hydrogen-bond acceptors (Lipinski definition) is 3. The molecule has 2 aliphatic rings. The number of ether oxygens (including phenoxy) is 1. The minimum atomic E-state index is 0.559. The highest BCUT2D eigenvalue weighted by Gasteiger charge is 2.40. The van der Waals surface area contributed by atoms with Crippen LogP contribution in [0, 0.1) is 0 Å². The molecule has 0 aromatic rings. The number of likely N-dealkylation sites (tertiary alicyclic amines) is 2. The summed E-state index contributed by atoms with van der Waals surface area (Å²) in [6.07, 6.45) is 5.52. The summed E-state index contributed by atoms with van der Waals surface area (Å²) in [5.41, 5.74) is 0.559. The first kappa shape index (κ1) is 11.4. The molecule has 15 heavy (non-hydrogen) atoms. The number of piperidine rings is 1. The molecule has 0 amide bonds. The summed E-state index contributed by atoms with van der Waals surface area (Å²) >= 11 is 0. The fraction of sp³-hybridized carbons (Fsp3) is 1.00. The van der Waals surface area contributed by atoms with Crippen LogP contribution in [0.1, 0.15) is 25.7 Å². The predicted octanol–water partition coefficient (Wildman–Crippen LogP) is 1.19. The van der Waals surface area contributed by atoms with E-state index in [9.17, 15) is 0 Å². The molecular weight excluding hydrogens is 188 g/mol. The van der Waals surface area contributed by atoms with Gasteiger partial charge in [-0.2, -0.15) is 0 Å². The van der Waals surface area contributed by atoms with Crippen LogP contribution in [0.3, 0.4) is 0 Å². The molecule has 3 heteroatoms. The van der Waals surface area contributed by atoms with E-state index in [1.54, 1.807) is 7.11 Å². The summed E-state index contributed by atoms with van der Waals surface area (Å²) in [4.78, 5) is 5.14. The van der Waals surface area contributed by atoms with Crippen molar-refractivity contribution in [2.45, 2.75) is 31.2 Å². The lowest BCUT2D eigenvalue weighted by Gasteiger charge is -2.43. The summed E-state index contributed by atoms with van der Waals surface area (Å²) in [5, 5.41) is 0. The standard InChI is InChI=1S/C12H24N2O/c1-13-7-3-4-12(13)5-8-14(9-6-12)10-11-15-2/h3-11H2,1-2H3. The average molecular weight is 212 g/mol. The second kappa shape index (κ2) is 4.81. The van der Waals surface area contributed by atoms with Crippen LogP contribution < -0.4 is 0 Å². The van der Waals surface area contributed by atoms with E-state index in [0.717, 1.165) is 13.2 Å². The normalized spacial score (nSPS) is 27.6. The lowest BCUT2D eigenvalue weighted by Crippen LogP contribution is -2.51. The van der Waals surface area contributed by atoms with Crippen molar-refractivity contribution in [3.63, 3.8) is 0 Å². The van der Waals surface area contributed by atoms with E-state index in [-0.39, 0.29) is 0 Å². The topological polar surface area (TPSA) is 15.7 Å². The Balaban J connectivity index is 1.81. The summed E-state index contributed by atoms with van der Waals surface area (Å²) in [6, 6.07) is 0. The van der Waals surface area contributed by atoms with Gasteiger partial charge in [-0.15, -0.1) is 0 Å². The monoisotopic (exact) mass is 212 g/mol. The molecule has 0 bridgehead atoms. The van der Waals surface area contributed by atoms with E-state index < -0.39 is 0 Å². The lowest BCUT2D eigenvalue weighted by atomic mass is 9.85. The third-order valence-electron chi connectivity index (χ3n) is 4.34. The number of nitrogens with zero attached hydrogens (tertiary/aromatic N) is 2. The zero-order valence-corrected chi connectivity index (χ0v) is 10.2. The van der Waals surface area contributed by atoms with Crippen molar-refractivity contribution >= 4 is 0 Å². The fourth-order valence-corrected chi connectivity index (χ4v) is 3.12. The Morgan fingerprint density at radius 2 is 1.87 bits per heavy atom. The van der Waals surface area contributed by atoms with Gasteiger partial charge in [-0.3, -0.25) is 0 Å². The van der Waals surface area contributed by atoms with Crippen molar-refractivity contribution in [3.8, 4) is 0 Å².